The number of piperidine rings is 1. The standard InChI is InChI=1S/C20H23N5OS/c26-19(20(8-12-21-13-9-20)25-14-4-10-23-25)22-11-7-17-15-27-18(24-17)16-5-2-1-3-6-16/h1-6,10,14-15,21H,7-9,11-13H2,(H,22,26). The molecule has 1 aliphatic rings. The van der Waals surface area contributed by atoms with Gasteiger partial charge in [0.1, 0.15) is 10.5 Å². The molecule has 4 rings (SSSR count). The summed E-state index contributed by atoms with van der Waals surface area (Å²) in [6.07, 6.45) is 5.84. The molecule has 7 heteroatoms. The third kappa shape index (κ3) is 3.79. The fraction of sp³-hybridized carbons (Fsp3) is 0.350. The van der Waals surface area contributed by atoms with Crippen LogP contribution in [0, 0.1) is 0 Å². The summed E-state index contributed by atoms with van der Waals surface area (Å²) in [6, 6.07) is 12.0. The molecule has 0 saturated carbocycles. The van der Waals surface area contributed by atoms with Crippen LogP contribution in [0.3, 0.4) is 0 Å². The summed E-state index contributed by atoms with van der Waals surface area (Å²) in [6.45, 7) is 2.22. The molecule has 1 aliphatic heterocycles. The first-order valence-corrected chi connectivity index (χ1v) is 10.1. The molecular weight excluding hydrogens is 358 g/mol. The zero-order chi connectivity index (χ0) is 18.5. The molecule has 1 saturated heterocycles. The minimum atomic E-state index is -0.591. The molecule has 0 atom stereocenters. The van der Waals surface area contributed by atoms with Gasteiger partial charge >= 0.3 is 0 Å². The topological polar surface area (TPSA) is 71.8 Å². The van der Waals surface area contributed by atoms with Crippen molar-refractivity contribution < 1.29 is 4.79 Å². The minimum absolute atomic E-state index is 0.0474. The second-order valence-corrected chi connectivity index (χ2v) is 7.61. The molecule has 0 radical (unpaired) electrons. The van der Waals surface area contributed by atoms with Gasteiger partial charge in [0, 0.05) is 36.3 Å². The predicted octanol–water partition coefficient (Wildman–Crippen LogP) is 2.44. The number of rotatable bonds is 6. The first kappa shape index (κ1) is 17.9. The van der Waals surface area contributed by atoms with Crippen molar-refractivity contribution in [2.45, 2.75) is 24.8 Å². The Morgan fingerprint density at radius 2 is 2.04 bits per heavy atom. The SMILES string of the molecule is O=C(NCCc1csc(-c2ccccc2)n1)C1(n2cccn2)CCNCC1. The predicted molar refractivity (Wildman–Crippen MR) is 107 cm³/mol. The van der Waals surface area contributed by atoms with E-state index in [-0.39, 0.29) is 5.91 Å². The summed E-state index contributed by atoms with van der Waals surface area (Å²) < 4.78 is 1.82. The second kappa shape index (κ2) is 8.02. The normalized spacial score (nSPS) is 16.1. The molecule has 1 fully saturated rings. The number of benzene rings is 1. The molecule has 1 amide bonds. The van der Waals surface area contributed by atoms with Crippen molar-refractivity contribution in [3.05, 3.63) is 59.9 Å². The maximum Gasteiger partial charge on any atom is 0.248 e. The van der Waals surface area contributed by atoms with Crippen LogP contribution in [0.5, 0.6) is 0 Å². The average Bonchev–Trinajstić information content (AvgIpc) is 3.42. The van der Waals surface area contributed by atoms with E-state index in [2.05, 4.69) is 33.2 Å². The highest BCUT2D eigenvalue weighted by atomic mass is 32.1. The van der Waals surface area contributed by atoms with E-state index in [1.165, 1.54) is 0 Å². The van der Waals surface area contributed by atoms with E-state index < -0.39 is 5.54 Å². The highest BCUT2D eigenvalue weighted by Crippen LogP contribution is 2.27. The fourth-order valence-corrected chi connectivity index (χ4v) is 4.39. The van der Waals surface area contributed by atoms with E-state index >= 15 is 0 Å². The number of aromatic nitrogens is 3. The Kier molecular flexibility index (Phi) is 5.31. The van der Waals surface area contributed by atoms with Crippen LogP contribution in [0.1, 0.15) is 18.5 Å². The summed E-state index contributed by atoms with van der Waals surface area (Å²) in [5, 5.41) is 13.9. The third-order valence-electron chi connectivity index (χ3n) is 5.04. The Bertz CT molecular complexity index is 869. The molecule has 2 aromatic heterocycles. The van der Waals surface area contributed by atoms with E-state index in [0.29, 0.717) is 6.54 Å². The van der Waals surface area contributed by atoms with Crippen LogP contribution in [0.15, 0.2) is 54.2 Å². The van der Waals surface area contributed by atoms with Gasteiger partial charge in [-0.05, 0) is 32.0 Å². The van der Waals surface area contributed by atoms with Crippen LogP contribution >= 0.6 is 11.3 Å². The summed E-state index contributed by atoms with van der Waals surface area (Å²) >= 11 is 1.64. The Morgan fingerprint density at radius 1 is 1.22 bits per heavy atom. The van der Waals surface area contributed by atoms with Gasteiger partial charge in [-0.2, -0.15) is 5.10 Å². The van der Waals surface area contributed by atoms with Gasteiger partial charge in [0.05, 0.1) is 5.69 Å². The number of amides is 1. The molecule has 6 nitrogen and oxygen atoms in total. The van der Waals surface area contributed by atoms with Gasteiger partial charge in [0.15, 0.2) is 0 Å². The minimum Gasteiger partial charge on any atom is -0.354 e. The fourth-order valence-electron chi connectivity index (χ4n) is 3.53. The maximum absolute atomic E-state index is 13.0. The van der Waals surface area contributed by atoms with Crippen molar-refractivity contribution in [2.24, 2.45) is 0 Å². The first-order valence-electron chi connectivity index (χ1n) is 9.27. The second-order valence-electron chi connectivity index (χ2n) is 6.75. The Balaban J connectivity index is 1.38. The molecule has 0 unspecified atom stereocenters. The van der Waals surface area contributed by atoms with Crippen LogP contribution < -0.4 is 10.6 Å². The van der Waals surface area contributed by atoms with E-state index in [9.17, 15) is 4.79 Å². The zero-order valence-electron chi connectivity index (χ0n) is 15.1. The summed E-state index contributed by atoms with van der Waals surface area (Å²) in [4.78, 5) is 17.7. The lowest BCUT2D eigenvalue weighted by atomic mass is 9.87. The number of hydrogen-bond donors (Lipinski definition) is 2. The van der Waals surface area contributed by atoms with E-state index in [4.69, 9.17) is 4.98 Å². The number of carbonyl (C=O) groups excluding carboxylic acids is 1. The Labute approximate surface area is 162 Å². The third-order valence-corrected chi connectivity index (χ3v) is 5.98. The largest absolute Gasteiger partial charge is 0.354 e. The molecule has 0 aliphatic carbocycles. The number of nitrogens with one attached hydrogen (secondary N) is 2. The lowest BCUT2D eigenvalue weighted by molar-refractivity contribution is -0.131. The molecule has 1 aromatic carbocycles. The van der Waals surface area contributed by atoms with Crippen LogP contribution in [-0.4, -0.2) is 40.3 Å². The quantitative estimate of drug-likeness (QED) is 0.688. The van der Waals surface area contributed by atoms with Crippen LogP contribution in [0.4, 0.5) is 0 Å². The molecule has 3 aromatic rings. The van der Waals surface area contributed by atoms with E-state index in [1.54, 1.807) is 17.5 Å². The summed E-state index contributed by atoms with van der Waals surface area (Å²) in [5.41, 5.74) is 1.55. The van der Waals surface area contributed by atoms with Crippen LogP contribution in [-0.2, 0) is 16.8 Å². The number of nitrogens with zero attached hydrogens (tertiary/aromatic N) is 3. The number of thiazole rings is 1. The molecule has 27 heavy (non-hydrogen) atoms. The van der Waals surface area contributed by atoms with Crippen molar-refractivity contribution in [2.75, 3.05) is 19.6 Å². The summed E-state index contributed by atoms with van der Waals surface area (Å²) in [7, 11) is 0. The lowest BCUT2D eigenvalue weighted by Crippen LogP contribution is -2.54. The van der Waals surface area contributed by atoms with E-state index in [1.807, 2.05) is 35.1 Å². The molecular formula is C20H23N5OS. The summed E-state index contributed by atoms with van der Waals surface area (Å²) in [5.74, 6) is 0.0474. The van der Waals surface area contributed by atoms with Crippen LogP contribution in [0.25, 0.3) is 10.6 Å². The van der Waals surface area contributed by atoms with Gasteiger partial charge in [-0.3, -0.25) is 9.48 Å². The van der Waals surface area contributed by atoms with Gasteiger partial charge < -0.3 is 10.6 Å². The molecule has 0 bridgehead atoms. The van der Waals surface area contributed by atoms with E-state index in [0.717, 1.165) is 48.6 Å². The average molecular weight is 382 g/mol. The van der Waals surface area contributed by atoms with Gasteiger partial charge in [0.2, 0.25) is 5.91 Å². The van der Waals surface area contributed by atoms with Gasteiger partial charge in [-0.25, -0.2) is 4.98 Å². The van der Waals surface area contributed by atoms with Crippen molar-refractivity contribution in [3.8, 4) is 10.6 Å². The van der Waals surface area contributed by atoms with Crippen molar-refractivity contribution in [3.63, 3.8) is 0 Å². The number of hydrogen-bond acceptors (Lipinski definition) is 5. The van der Waals surface area contributed by atoms with Gasteiger partial charge in [-0.1, -0.05) is 30.3 Å². The maximum atomic E-state index is 13.0. The lowest BCUT2D eigenvalue weighted by Gasteiger charge is -2.36. The zero-order valence-corrected chi connectivity index (χ0v) is 15.9. The van der Waals surface area contributed by atoms with Crippen molar-refractivity contribution in [1.29, 1.82) is 0 Å². The Morgan fingerprint density at radius 3 is 2.78 bits per heavy atom. The number of carbonyl (C=O) groups is 1. The molecule has 2 N–H and O–H groups in total. The smallest absolute Gasteiger partial charge is 0.248 e. The highest BCUT2D eigenvalue weighted by molar-refractivity contribution is 7.13. The monoisotopic (exact) mass is 381 g/mol. The molecule has 0 spiro atoms. The first-order chi connectivity index (χ1) is 13.3. The van der Waals surface area contributed by atoms with Gasteiger partial charge in [0.25, 0.3) is 0 Å². The Hall–Kier alpha value is -2.51. The highest BCUT2D eigenvalue weighted by Gasteiger charge is 2.41. The van der Waals surface area contributed by atoms with Crippen molar-refractivity contribution in [1.82, 2.24) is 25.4 Å². The van der Waals surface area contributed by atoms with Gasteiger partial charge in [-0.15, -0.1) is 11.3 Å². The van der Waals surface area contributed by atoms with Crippen molar-refractivity contribution >= 4 is 17.2 Å². The van der Waals surface area contributed by atoms with Crippen LogP contribution in [0.2, 0.25) is 0 Å². The molecule has 3 heterocycles. The molecule has 140 valence electrons.